The van der Waals surface area contributed by atoms with Crippen molar-refractivity contribution >= 4 is 41.5 Å². The van der Waals surface area contributed by atoms with Crippen molar-refractivity contribution in [2.45, 2.75) is 11.7 Å². The first-order valence-corrected chi connectivity index (χ1v) is 9.47. The monoisotopic (exact) mass is 391 g/mol. The third-order valence-electron chi connectivity index (χ3n) is 3.64. The van der Waals surface area contributed by atoms with Crippen LogP contribution in [-0.4, -0.2) is 36.2 Å². The minimum absolute atomic E-state index is 0.0884. The fraction of sp³-hybridized carbons (Fsp3) is 0.211. The van der Waals surface area contributed by atoms with E-state index >= 15 is 0 Å². The summed E-state index contributed by atoms with van der Waals surface area (Å²) in [7, 11) is 0. The lowest BCUT2D eigenvalue weighted by Crippen LogP contribution is -2.32. The van der Waals surface area contributed by atoms with Gasteiger partial charge in [-0.05, 0) is 42.5 Å². The van der Waals surface area contributed by atoms with Gasteiger partial charge in [-0.2, -0.15) is 11.8 Å². The fourth-order valence-corrected chi connectivity index (χ4v) is 3.10. The predicted molar refractivity (Wildman–Crippen MR) is 103 cm³/mol. The average Bonchev–Trinajstić information content (AvgIpc) is 2.65. The summed E-state index contributed by atoms with van der Waals surface area (Å²) in [5, 5.41) is 2.32. The van der Waals surface area contributed by atoms with E-state index in [0.717, 1.165) is 5.56 Å². The second-order valence-corrected chi connectivity index (χ2v) is 6.90. The molecule has 0 bridgehead atoms. The smallest absolute Gasteiger partial charge is 0.239 e. The van der Waals surface area contributed by atoms with Crippen LogP contribution in [0.25, 0.3) is 0 Å². The Balaban J connectivity index is 1.91. The molecule has 136 valence electrons. The predicted octanol–water partition coefficient (Wildman–Crippen LogP) is 3.15. The van der Waals surface area contributed by atoms with Crippen LogP contribution in [0.15, 0.2) is 48.5 Å². The van der Waals surface area contributed by atoms with Crippen LogP contribution in [0.2, 0.25) is 5.02 Å². The van der Waals surface area contributed by atoms with Crippen LogP contribution >= 0.6 is 23.4 Å². The topological polar surface area (TPSA) is 72.5 Å². The van der Waals surface area contributed by atoms with Crippen LogP contribution in [0.3, 0.4) is 0 Å². The van der Waals surface area contributed by atoms with Gasteiger partial charge in [0, 0.05) is 10.6 Å². The highest BCUT2D eigenvalue weighted by Gasteiger charge is 2.17. The van der Waals surface area contributed by atoms with E-state index in [2.05, 4.69) is 5.32 Å². The summed E-state index contributed by atoms with van der Waals surface area (Å²) >= 11 is 7.25. The molecule has 2 aromatic rings. The van der Waals surface area contributed by atoms with Crippen LogP contribution in [0, 0.1) is 0 Å². The minimum Gasteiger partial charge on any atom is -0.485 e. The standard InChI is InChI=1S/C19H18ClNO4S/c1-26-18(19(24)21-12-22)9-13-5-7-16(8-6-13)25-11-17(23)14-3-2-4-15(20)10-14/h2-8,10,12,18H,9,11H2,1H3,(H,21,22,24). The number of carbonyl (C=O) groups excluding carboxylic acids is 3. The van der Waals surface area contributed by atoms with Crippen molar-refractivity contribution in [1.82, 2.24) is 5.32 Å². The Morgan fingerprint density at radius 1 is 1.23 bits per heavy atom. The minimum atomic E-state index is -0.351. The van der Waals surface area contributed by atoms with Crippen LogP contribution in [0.1, 0.15) is 15.9 Å². The molecule has 0 heterocycles. The maximum absolute atomic E-state index is 12.1. The number of ketones is 1. The van der Waals surface area contributed by atoms with Gasteiger partial charge in [-0.15, -0.1) is 0 Å². The molecule has 0 aromatic heterocycles. The van der Waals surface area contributed by atoms with E-state index in [1.165, 1.54) is 11.8 Å². The van der Waals surface area contributed by atoms with Crippen LogP contribution in [0.5, 0.6) is 5.75 Å². The molecule has 0 aliphatic rings. The first-order valence-electron chi connectivity index (χ1n) is 7.81. The van der Waals surface area contributed by atoms with E-state index in [4.69, 9.17) is 16.3 Å². The van der Waals surface area contributed by atoms with Crippen molar-refractivity contribution in [3.05, 3.63) is 64.7 Å². The van der Waals surface area contributed by atoms with Crippen molar-refractivity contribution in [1.29, 1.82) is 0 Å². The number of ether oxygens (including phenoxy) is 1. The highest BCUT2D eigenvalue weighted by Crippen LogP contribution is 2.18. The number of nitrogens with one attached hydrogen (secondary N) is 1. The molecule has 7 heteroatoms. The number of halogens is 1. The number of hydrogen-bond donors (Lipinski definition) is 1. The molecule has 0 saturated heterocycles. The molecular formula is C19H18ClNO4S. The fourth-order valence-electron chi connectivity index (χ4n) is 2.26. The molecule has 2 rings (SSSR count). The SMILES string of the molecule is CSC(Cc1ccc(OCC(=O)c2cccc(Cl)c2)cc1)C(=O)NC=O. The number of imide groups is 1. The lowest BCUT2D eigenvalue weighted by atomic mass is 10.1. The molecule has 0 spiro atoms. The molecule has 0 aliphatic carbocycles. The van der Waals surface area contributed by atoms with Gasteiger partial charge < -0.3 is 4.74 Å². The zero-order valence-corrected chi connectivity index (χ0v) is 15.7. The van der Waals surface area contributed by atoms with E-state index in [1.807, 2.05) is 18.4 Å². The van der Waals surface area contributed by atoms with Gasteiger partial charge in [-0.3, -0.25) is 19.7 Å². The summed E-state index contributed by atoms with van der Waals surface area (Å²) in [6.45, 7) is -0.0884. The lowest BCUT2D eigenvalue weighted by molar-refractivity contribution is -0.124. The van der Waals surface area contributed by atoms with Gasteiger partial charge in [-0.1, -0.05) is 35.9 Å². The van der Waals surface area contributed by atoms with Crippen molar-refractivity contribution in [3.8, 4) is 5.75 Å². The van der Waals surface area contributed by atoms with Crippen LogP contribution in [-0.2, 0) is 16.0 Å². The molecule has 0 aliphatic heterocycles. The summed E-state index contributed by atoms with van der Waals surface area (Å²) in [4.78, 5) is 34.2. The number of benzene rings is 2. The molecular weight excluding hydrogens is 374 g/mol. The number of Topliss-reactive ketones (excluding diaryl/α,β-unsaturated/α-hetero) is 1. The normalized spacial score (nSPS) is 11.5. The van der Waals surface area contributed by atoms with E-state index in [1.54, 1.807) is 36.4 Å². The van der Waals surface area contributed by atoms with E-state index in [9.17, 15) is 14.4 Å². The molecule has 1 atom stereocenters. The third kappa shape index (κ3) is 5.89. The summed E-state index contributed by atoms with van der Waals surface area (Å²) in [5.41, 5.74) is 1.43. The maximum Gasteiger partial charge on any atom is 0.239 e. The Kier molecular flexibility index (Phi) is 7.69. The van der Waals surface area contributed by atoms with Gasteiger partial charge in [0.05, 0.1) is 5.25 Å². The highest BCUT2D eigenvalue weighted by atomic mass is 35.5. The van der Waals surface area contributed by atoms with Gasteiger partial charge in [0.2, 0.25) is 12.3 Å². The van der Waals surface area contributed by atoms with Crippen LogP contribution < -0.4 is 10.1 Å². The molecule has 5 nitrogen and oxygen atoms in total. The second kappa shape index (κ2) is 9.99. The Labute approximate surface area is 161 Å². The Morgan fingerprint density at radius 3 is 2.58 bits per heavy atom. The molecule has 2 aromatic carbocycles. The first kappa shape index (κ1) is 20.0. The Hall–Kier alpha value is -2.31. The molecule has 26 heavy (non-hydrogen) atoms. The van der Waals surface area contributed by atoms with Gasteiger partial charge in [0.1, 0.15) is 5.75 Å². The number of carbonyl (C=O) groups is 3. The molecule has 0 saturated carbocycles. The van der Waals surface area contributed by atoms with Crippen molar-refractivity contribution in [2.75, 3.05) is 12.9 Å². The van der Waals surface area contributed by atoms with Crippen molar-refractivity contribution in [3.63, 3.8) is 0 Å². The van der Waals surface area contributed by atoms with E-state index < -0.39 is 0 Å². The first-order chi connectivity index (χ1) is 12.5. The Bertz CT molecular complexity index is 779. The molecule has 1 unspecified atom stereocenters. The molecule has 2 amide bonds. The summed E-state index contributed by atoms with van der Waals surface area (Å²) in [5.74, 6) is 0.0756. The van der Waals surface area contributed by atoms with E-state index in [0.29, 0.717) is 29.2 Å². The third-order valence-corrected chi connectivity index (χ3v) is 4.82. The number of hydrogen-bond acceptors (Lipinski definition) is 5. The Morgan fingerprint density at radius 2 is 1.96 bits per heavy atom. The molecule has 0 radical (unpaired) electrons. The summed E-state index contributed by atoms with van der Waals surface area (Å²) < 4.78 is 5.51. The van der Waals surface area contributed by atoms with Gasteiger partial charge in [-0.25, -0.2) is 0 Å². The molecule has 0 fully saturated rings. The summed E-state index contributed by atoms with van der Waals surface area (Å²) in [6, 6.07) is 13.9. The quantitative estimate of drug-likeness (QED) is 0.525. The van der Waals surface area contributed by atoms with E-state index in [-0.39, 0.29) is 23.5 Å². The summed E-state index contributed by atoms with van der Waals surface area (Å²) in [6.07, 6.45) is 2.69. The van der Waals surface area contributed by atoms with Crippen molar-refractivity contribution < 1.29 is 19.1 Å². The molecule has 1 N–H and O–H groups in total. The number of amides is 2. The zero-order valence-electron chi connectivity index (χ0n) is 14.1. The lowest BCUT2D eigenvalue weighted by Gasteiger charge is -2.12. The number of thioether (sulfide) groups is 1. The maximum atomic E-state index is 12.1. The average molecular weight is 392 g/mol. The highest BCUT2D eigenvalue weighted by molar-refractivity contribution is 7.99. The number of rotatable bonds is 9. The van der Waals surface area contributed by atoms with Gasteiger partial charge in [0.15, 0.2) is 12.4 Å². The van der Waals surface area contributed by atoms with Gasteiger partial charge >= 0.3 is 0 Å². The zero-order chi connectivity index (χ0) is 18.9. The largest absolute Gasteiger partial charge is 0.485 e. The second-order valence-electron chi connectivity index (χ2n) is 5.42. The van der Waals surface area contributed by atoms with Crippen molar-refractivity contribution in [2.24, 2.45) is 0 Å². The van der Waals surface area contributed by atoms with Gasteiger partial charge in [0.25, 0.3) is 0 Å². The van der Waals surface area contributed by atoms with Crippen LogP contribution in [0.4, 0.5) is 0 Å².